The monoisotopic (exact) mass is 608 g/mol. The zero-order valence-electron chi connectivity index (χ0n) is 24.1. The maximum absolute atomic E-state index is 14.5. The molecule has 1 amide bonds. The molecule has 0 bridgehead atoms. The summed E-state index contributed by atoms with van der Waals surface area (Å²) in [6.07, 6.45) is -0.508. The number of benzene rings is 3. The van der Waals surface area contributed by atoms with Crippen LogP contribution in [-0.2, 0) is 24.1 Å². The van der Waals surface area contributed by atoms with E-state index < -0.39 is 21.5 Å². The van der Waals surface area contributed by atoms with Crippen molar-refractivity contribution in [2.75, 3.05) is 52.4 Å². The SMILES string of the molecule is COc1cccc([C@H]2OC(c3ccc(OCCCO)cc3)=N[C@@]2(CCS(=O)(=O)c2ccccc2)C(=O)N2CCOCC2)c1. The Hall–Kier alpha value is -3.93. The standard InChI is InChI=1S/C32H36N2O8S/c1-39-27-8-5-7-25(23-27)29-32(31(36)34-16-20-40-21-17-34,15-22-43(37,38)28-9-3-2-4-10-28)33-30(42-29)24-11-13-26(14-12-24)41-19-6-18-35/h2-5,7-14,23,29,35H,6,15-22H2,1H3/t29-,32-/m1/s1. The molecular formula is C32H36N2O8S. The van der Waals surface area contributed by atoms with Gasteiger partial charge in [0.15, 0.2) is 21.5 Å². The van der Waals surface area contributed by atoms with Gasteiger partial charge in [-0.15, -0.1) is 0 Å². The van der Waals surface area contributed by atoms with Gasteiger partial charge in [-0.2, -0.15) is 0 Å². The van der Waals surface area contributed by atoms with Crippen LogP contribution in [0.3, 0.4) is 0 Å². The first kappa shape index (κ1) is 30.5. The number of rotatable bonds is 12. The molecule has 2 aliphatic rings. The Morgan fingerprint density at radius 1 is 1.02 bits per heavy atom. The fourth-order valence-electron chi connectivity index (χ4n) is 5.23. The lowest BCUT2D eigenvalue weighted by Crippen LogP contribution is -2.54. The summed E-state index contributed by atoms with van der Waals surface area (Å²) in [6, 6.07) is 22.5. The Bertz CT molecular complexity index is 1520. The Balaban J connectivity index is 1.57. The van der Waals surface area contributed by atoms with Gasteiger partial charge >= 0.3 is 0 Å². The molecule has 5 rings (SSSR count). The van der Waals surface area contributed by atoms with Crippen molar-refractivity contribution in [3.63, 3.8) is 0 Å². The largest absolute Gasteiger partial charge is 0.497 e. The summed E-state index contributed by atoms with van der Waals surface area (Å²) in [4.78, 5) is 21.3. The number of ether oxygens (including phenoxy) is 4. The number of nitrogens with zero attached hydrogens (tertiary/aromatic N) is 2. The van der Waals surface area contributed by atoms with Gasteiger partial charge in [-0.05, 0) is 54.1 Å². The molecular weight excluding hydrogens is 572 g/mol. The van der Waals surface area contributed by atoms with Gasteiger partial charge in [0.25, 0.3) is 5.91 Å². The maximum atomic E-state index is 14.5. The smallest absolute Gasteiger partial charge is 0.255 e. The summed E-state index contributed by atoms with van der Waals surface area (Å²) in [6.45, 7) is 1.89. The molecule has 0 aromatic heterocycles. The molecule has 0 spiro atoms. The highest BCUT2D eigenvalue weighted by molar-refractivity contribution is 7.91. The van der Waals surface area contributed by atoms with E-state index >= 15 is 0 Å². The van der Waals surface area contributed by atoms with Crippen LogP contribution in [0.25, 0.3) is 0 Å². The van der Waals surface area contributed by atoms with E-state index in [2.05, 4.69) is 0 Å². The number of carbonyl (C=O) groups excluding carboxylic acids is 1. The van der Waals surface area contributed by atoms with Crippen molar-refractivity contribution in [1.29, 1.82) is 0 Å². The van der Waals surface area contributed by atoms with Crippen molar-refractivity contribution in [2.24, 2.45) is 4.99 Å². The molecule has 3 aromatic rings. The average molecular weight is 609 g/mol. The molecule has 0 radical (unpaired) electrons. The minimum atomic E-state index is -3.75. The van der Waals surface area contributed by atoms with Crippen LogP contribution in [0.1, 0.15) is 30.1 Å². The van der Waals surface area contributed by atoms with Gasteiger partial charge < -0.3 is 29.0 Å². The van der Waals surface area contributed by atoms with E-state index in [1.165, 1.54) is 0 Å². The Morgan fingerprint density at radius 3 is 2.47 bits per heavy atom. The number of hydrogen-bond donors (Lipinski definition) is 1. The maximum Gasteiger partial charge on any atom is 0.255 e. The lowest BCUT2D eigenvalue weighted by Gasteiger charge is -2.37. The molecule has 0 saturated carbocycles. The van der Waals surface area contributed by atoms with Gasteiger partial charge in [-0.25, -0.2) is 13.4 Å². The highest BCUT2D eigenvalue weighted by atomic mass is 32.2. The van der Waals surface area contributed by atoms with Crippen LogP contribution in [0.5, 0.6) is 11.5 Å². The molecule has 2 heterocycles. The van der Waals surface area contributed by atoms with Crippen molar-refractivity contribution >= 4 is 21.6 Å². The predicted octanol–water partition coefficient (Wildman–Crippen LogP) is 3.44. The fourth-order valence-corrected chi connectivity index (χ4v) is 6.62. The second-order valence-corrected chi connectivity index (χ2v) is 12.5. The molecule has 228 valence electrons. The minimum Gasteiger partial charge on any atom is -0.497 e. The fraction of sp³-hybridized carbons (Fsp3) is 0.375. The number of aliphatic hydroxyl groups is 1. The average Bonchev–Trinajstić information content (AvgIpc) is 3.46. The van der Waals surface area contributed by atoms with E-state index in [1.54, 1.807) is 84.8 Å². The first-order valence-electron chi connectivity index (χ1n) is 14.3. The summed E-state index contributed by atoms with van der Waals surface area (Å²) >= 11 is 0. The summed E-state index contributed by atoms with van der Waals surface area (Å²) in [5.74, 6) is 0.790. The number of aliphatic hydroxyl groups excluding tert-OH is 1. The van der Waals surface area contributed by atoms with Gasteiger partial charge in [-0.1, -0.05) is 30.3 Å². The van der Waals surface area contributed by atoms with Crippen LogP contribution in [0, 0.1) is 0 Å². The second kappa shape index (κ2) is 13.6. The third kappa shape index (κ3) is 6.84. The summed E-state index contributed by atoms with van der Waals surface area (Å²) < 4.78 is 50.1. The van der Waals surface area contributed by atoms with Gasteiger partial charge in [0, 0.05) is 38.1 Å². The van der Waals surface area contributed by atoms with Crippen LogP contribution in [-0.4, -0.2) is 88.1 Å². The third-order valence-electron chi connectivity index (χ3n) is 7.56. The van der Waals surface area contributed by atoms with Crippen LogP contribution >= 0.6 is 0 Å². The molecule has 2 atom stereocenters. The minimum absolute atomic E-state index is 0.0354. The molecule has 1 N–H and O–H groups in total. The number of aliphatic imine (C=N–C) groups is 1. The highest BCUT2D eigenvalue weighted by Crippen LogP contribution is 2.45. The van der Waals surface area contributed by atoms with Crippen molar-refractivity contribution < 1.29 is 37.3 Å². The molecule has 10 nitrogen and oxygen atoms in total. The normalized spacial score (nSPS) is 20.3. The first-order chi connectivity index (χ1) is 20.9. The first-order valence-corrected chi connectivity index (χ1v) is 15.9. The molecule has 2 aliphatic heterocycles. The molecule has 11 heteroatoms. The third-order valence-corrected chi connectivity index (χ3v) is 9.29. The van der Waals surface area contributed by atoms with Gasteiger partial charge in [0.2, 0.25) is 5.90 Å². The highest BCUT2D eigenvalue weighted by Gasteiger charge is 2.55. The quantitative estimate of drug-likeness (QED) is 0.310. The number of amides is 1. The summed E-state index contributed by atoms with van der Waals surface area (Å²) in [5, 5.41) is 9.03. The summed E-state index contributed by atoms with van der Waals surface area (Å²) in [5.41, 5.74) is -0.317. The zero-order valence-corrected chi connectivity index (χ0v) is 24.9. The second-order valence-electron chi connectivity index (χ2n) is 10.4. The topological polar surface area (TPSA) is 124 Å². The van der Waals surface area contributed by atoms with Crippen molar-refractivity contribution in [1.82, 2.24) is 4.90 Å². The van der Waals surface area contributed by atoms with Crippen molar-refractivity contribution in [3.8, 4) is 11.5 Å². The van der Waals surface area contributed by atoms with E-state index in [1.807, 2.05) is 6.07 Å². The van der Waals surface area contributed by atoms with Crippen LogP contribution < -0.4 is 9.47 Å². The van der Waals surface area contributed by atoms with Crippen LogP contribution in [0.4, 0.5) is 0 Å². The predicted molar refractivity (Wildman–Crippen MR) is 160 cm³/mol. The number of sulfone groups is 1. The number of hydrogen-bond acceptors (Lipinski definition) is 9. The van der Waals surface area contributed by atoms with Crippen molar-refractivity contribution in [2.45, 2.75) is 29.4 Å². The van der Waals surface area contributed by atoms with E-state index in [9.17, 15) is 13.2 Å². The van der Waals surface area contributed by atoms with E-state index in [-0.39, 0.29) is 35.5 Å². The number of methoxy groups -OCH3 is 1. The van der Waals surface area contributed by atoms with E-state index in [0.29, 0.717) is 62.0 Å². The molecule has 1 fully saturated rings. The lowest BCUT2D eigenvalue weighted by atomic mass is 9.84. The molecule has 1 saturated heterocycles. The number of carbonyl (C=O) groups is 1. The molecule has 3 aromatic carbocycles. The van der Waals surface area contributed by atoms with E-state index in [4.69, 9.17) is 29.0 Å². The Kier molecular flexibility index (Phi) is 9.64. The lowest BCUT2D eigenvalue weighted by molar-refractivity contribution is -0.144. The Labute approximate surface area is 251 Å². The zero-order chi connectivity index (χ0) is 30.3. The summed E-state index contributed by atoms with van der Waals surface area (Å²) in [7, 11) is -2.19. The molecule has 0 unspecified atom stereocenters. The Morgan fingerprint density at radius 2 is 1.77 bits per heavy atom. The van der Waals surface area contributed by atoms with Gasteiger partial charge in [-0.3, -0.25) is 4.79 Å². The molecule has 0 aliphatic carbocycles. The van der Waals surface area contributed by atoms with Crippen LogP contribution in [0.15, 0.2) is 88.8 Å². The van der Waals surface area contributed by atoms with Gasteiger partial charge in [0.1, 0.15) is 11.5 Å². The molecule has 43 heavy (non-hydrogen) atoms. The van der Waals surface area contributed by atoms with E-state index in [0.717, 1.165) is 0 Å². The van der Waals surface area contributed by atoms with Crippen molar-refractivity contribution in [3.05, 3.63) is 90.0 Å². The van der Waals surface area contributed by atoms with Gasteiger partial charge in [0.05, 0.1) is 37.6 Å². The van der Waals surface area contributed by atoms with Crippen LogP contribution in [0.2, 0.25) is 0 Å². The number of morpholine rings is 1.